The van der Waals surface area contributed by atoms with Crippen molar-refractivity contribution in [2.45, 2.75) is 6.54 Å². The van der Waals surface area contributed by atoms with Crippen LogP contribution in [0.3, 0.4) is 0 Å². The number of amides is 1. The fraction of sp³-hybridized carbons (Fsp3) is 0.364. The van der Waals surface area contributed by atoms with Crippen LogP contribution in [0.15, 0.2) is 18.2 Å². The quantitative estimate of drug-likeness (QED) is 0.824. The molecule has 0 saturated heterocycles. The number of hydrogen-bond donors (Lipinski definition) is 1. The van der Waals surface area contributed by atoms with Gasteiger partial charge in [-0.3, -0.25) is 4.79 Å². The number of carbonyl (C=O) groups excluding carboxylic acids is 1. The summed E-state index contributed by atoms with van der Waals surface area (Å²) in [6, 6.07) is 4.42. The van der Waals surface area contributed by atoms with Crippen LogP contribution in [0.2, 0.25) is 0 Å². The highest BCUT2D eigenvalue weighted by atomic mass is 19.1. The number of nitrogens with zero attached hydrogens (tertiary/aromatic N) is 1. The molecule has 0 fully saturated rings. The molecule has 1 aromatic carbocycles. The number of carbonyl (C=O) groups is 1. The van der Waals surface area contributed by atoms with Gasteiger partial charge in [0, 0.05) is 26.2 Å². The van der Waals surface area contributed by atoms with E-state index in [-0.39, 0.29) is 24.6 Å². The Morgan fingerprint density at radius 3 is 2.75 bits per heavy atom. The number of benzene rings is 1. The molecule has 0 aromatic heterocycles. The van der Waals surface area contributed by atoms with Crippen LogP contribution in [-0.4, -0.2) is 31.5 Å². The summed E-state index contributed by atoms with van der Waals surface area (Å²) in [4.78, 5) is 12.7. The summed E-state index contributed by atoms with van der Waals surface area (Å²) in [5.41, 5.74) is 5.69. The van der Waals surface area contributed by atoms with Crippen LogP contribution in [0.5, 0.6) is 5.75 Å². The summed E-state index contributed by atoms with van der Waals surface area (Å²) in [7, 11) is 3.25. The molecule has 4 nitrogen and oxygen atoms in total. The number of ether oxygens (including phenoxy) is 1. The zero-order chi connectivity index (χ0) is 12.1. The minimum absolute atomic E-state index is 0.0398. The summed E-state index contributed by atoms with van der Waals surface area (Å²) in [5.74, 6) is -0.290. The molecule has 0 saturated carbocycles. The maximum atomic E-state index is 13.3. The van der Waals surface area contributed by atoms with Crippen LogP contribution in [0, 0.1) is 5.82 Å². The van der Waals surface area contributed by atoms with Crippen LogP contribution >= 0.6 is 0 Å². The first-order valence-electron chi connectivity index (χ1n) is 4.86. The molecular weight excluding hydrogens is 211 g/mol. The van der Waals surface area contributed by atoms with Crippen LogP contribution < -0.4 is 10.5 Å². The number of nitrogens with two attached hydrogens (primary N) is 1. The van der Waals surface area contributed by atoms with Crippen molar-refractivity contribution >= 4 is 5.91 Å². The van der Waals surface area contributed by atoms with E-state index in [1.807, 2.05) is 0 Å². The normalized spacial score (nSPS) is 10.0. The maximum Gasteiger partial charge on any atom is 0.259 e. The Labute approximate surface area is 93.8 Å². The first-order valence-corrected chi connectivity index (χ1v) is 4.86. The Morgan fingerprint density at radius 2 is 2.19 bits per heavy atom. The van der Waals surface area contributed by atoms with Gasteiger partial charge in [0.05, 0.1) is 0 Å². The highest BCUT2D eigenvalue weighted by molar-refractivity contribution is 5.77. The SMILES string of the molecule is CN(C)C(=O)COc1cccc(F)c1CN. The average Bonchev–Trinajstić information content (AvgIpc) is 2.25. The van der Waals surface area contributed by atoms with Crippen molar-refractivity contribution in [3.05, 3.63) is 29.6 Å². The van der Waals surface area contributed by atoms with Crippen LogP contribution in [0.1, 0.15) is 5.56 Å². The Morgan fingerprint density at radius 1 is 1.50 bits per heavy atom. The van der Waals surface area contributed by atoms with Gasteiger partial charge in [-0.15, -0.1) is 0 Å². The number of rotatable bonds is 4. The van der Waals surface area contributed by atoms with Crippen molar-refractivity contribution in [1.29, 1.82) is 0 Å². The molecule has 0 radical (unpaired) electrons. The molecule has 88 valence electrons. The van der Waals surface area contributed by atoms with Gasteiger partial charge in [-0.2, -0.15) is 0 Å². The monoisotopic (exact) mass is 226 g/mol. The van der Waals surface area contributed by atoms with Gasteiger partial charge in [0.1, 0.15) is 11.6 Å². The first-order chi connectivity index (χ1) is 7.56. The van der Waals surface area contributed by atoms with Gasteiger partial charge in [-0.1, -0.05) is 6.07 Å². The molecular formula is C11H15FN2O2. The molecule has 16 heavy (non-hydrogen) atoms. The van der Waals surface area contributed by atoms with Gasteiger partial charge in [0.2, 0.25) is 0 Å². The van der Waals surface area contributed by atoms with E-state index in [2.05, 4.69) is 0 Å². The van der Waals surface area contributed by atoms with Gasteiger partial charge in [-0.25, -0.2) is 4.39 Å². The lowest BCUT2D eigenvalue weighted by atomic mass is 10.2. The molecule has 1 amide bonds. The van der Waals surface area contributed by atoms with Crippen molar-refractivity contribution < 1.29 is 13.9 Å². The van der Waals surface area contributed by atoms with E-state index in [0.29, 0.717) is 5.75 Å². The maximum absolute atomic E-state index is 13.3. The van der Waals surface area contributed by atoms with E-state index in [0.717, 1.165) is 0 Å². The molecule has 0 bridgehead atoms. The molecule has 0 spiro atoms. The molecule has 0 heterocycles. The van der Waals surface area contributed by atoms with E-state index in [1.165, 1.54) is 17.0 Å². The Balaban J connectivity index is 2.74. The number of hydrogen-bond acceptors (Lipinski definition) is 3. The third kappa shape index (κ3) is 2.93. The minimum Gasteiger partial charge on any atom is -0.483 e. The molecule has 2 N–H and O–H groups in total. The second kappa shape index (κ2) is 5.46. The summed E-state index contributed by atoms with van der Waals surface area (Å²) in [5, 5.41) is 0. The topological polar surface area (TPSA) is 55.6 Å². The van der Waals surface area contributed by atoms with Crippen molar-refractivity contribution in [1.82, 2.24) is 4.90 Å². The van der Waals surface area contributed by atoms with Crippen LogP contribution in [0.25, 0.3) is 0 Å². The number of halogens is 1. The van der Waals surface area contributed by atoms with Crippen LogP contribution in [0.4, 0.5) is 4.39 Å². The molecule has 1 rings (SSSR count). The lowest BCUT2D eigenvalue weighted by molar-refractivity contribution is -0.130. The second-order valence-corrected chi connectivity index (χ2v) is 3.50. The van der Waals surface area contributed by atoms with Gasteiger partial charge < -0.3 is 15.4 Å². The highest BCUT2D eigenvalue weighted by Gasteiger charge is 2.10. The molecule has 0 aliphatic carbocycles. The molecule has 1 aromatic rings. The van der Waals surface area contributed by atoms with E-state index < -0.39 is 5.82 Å². The molecule has 0 aliphatic rings. The van der Waals surface area contributed by atoms with Gasteiger partial charge in [-0.05, 0) is 12.1 Å². The zero-order valence-corrected chi connectivity index (χ0v) is 9.37. The summed E-state index contributed by atoms with van der Waals surface area (Å²) in [6.07, 6.45) is 0. The van der Waals surface area contributed by atoms with Crippen molar-refractivity contribution in [2.24, 2.45) is 5.73 Å². The molecule has 5 heteroatoms. The minimum atomic E-state index is -0.419. The average molecular weight is 226 g/mol. The lowest BCUT2D eigenvalue weighted by Gasteiger charge is -2.13. The van der Waals surface area contributed by atoms with Crippen molar-refractivity contribution in [2.75, 3.05) is 20.7 Å². The van der Waals surface area contributed by atoms with Gasteiger partial charge in [0.15, 0.2) is 6.61 Å². The summed E-state index contributed by atoms with van der Waals surface area (Å²) >= 11 is 0. The van der Waals surface area contributed by atoms with E-state index in [9.17, 15) is 9.18 Å². The van der Waals surface area contributed by atoms with E-state index >= 15 is 0 Å². The Hall–Kier alpha value is -1.62. The van der Waals surface area contributed by atoms with Gasteiger partial charge in [0.25, 0.3) is 5.91 Å². The first kappa shape index (κ1) is 12.4. The van der Waals surface area contributed by atoms with Gasteiger partial charge >= 0.3 is 0 Å². The standard InChI is InChI=1S/C11H15FN2O2/c1-14(2)11(15)7-16-10-5-3-4-9(12)8(10)6-13/h3-5H,6-7,13H2,1-2H3. The van der Waals surface area contributed by atoms with Crippen molar-refractivity contribution in [3.63, 3.8) is 0 Å². The second-order valence-electron chi connectivity index (χ2n) is 3.50. The third-order valence-electron chi connectivity index (χ3n) is 2.13. The predicted octanol–water partition coefficient (Wildman–Crippen LogP) is 0.751. The number of likely N-dealkylation sites (N-methyl/N-ethyl adjacent to an activating group) is 1. The molecule has 0 aliphatic heterocycles. The van der Waals surface area contributed by atoms with Crippen molar-refractivity contribution in [3.8, 4) is 5.75 Å². The predicted molar refractivity (Wildman–Crippen MR) is 58.5 cm³/mol. The zero-order valence-electron chi connectivity index (χ0n) is 9.37. The Bertz CT molecular complexity index is 380. The summed E-state index contributed by atoms with van der Waals surface area (Å²) in [6.45, 7) is -0.0817. The third-order valence-corrected chi connectivity index (χ3v) is 2.13. The molecule has 0 atom stereocenters. The lowest BCUT2D eigenvalue weighted by Crippen LogP contribution is -2.27. The fourth-order valence-corrected chi connectivity index (χ4v) is 1.14. The van der Waals surface area contributed by atoms with E-state index in [4.69, 9.17) is 10.5 Å². The molecule has 0 unspecified atom stereocenters. The van der Waals surface area contributed by atoms with E-state index in [1.54, 1.807) is 20.2 Å². The smallest absolute Gasteiger partial charge is 0.259 e. The summed E-state index contributed by atoms with van der Waals surface area (Å²) < 4.78 is 18.5. The van der Waals surface area contributed by atoms with Crippen LogP contribution in [-0.2, 0) is 11.3 Å². The fourth-order valence-electron chi connectivity index (χ4n) is 1.14. The Kier molecular flexibility index (Phi) is 4.25. The highest BCUT2D eigenvalue weighted by Crippen LogP contribution is 2.20. The largest absolute Gasteiger partial charge is 0.483 e.